The molecule has 3 heteroatoms. The van der Waals surface area contributed by atoms with Gasteiger partial charge in [0, 0.05) is 19.2 Å². The third-order valence-corrected chi connectivity index (χ3v) is 3.70. The Balaban J connectivity index is 2.45. The summed E-state index contributed by atoms with van der Waals surface area (Å²) in [6.07, 6.45) is 0. The first-order chi connectivity index (χ1) is 8.84. The topological polar surface area (TPSA) is 41.1 Å². The van der Waals surface area contributed by atoms with Crippen molar-refractivity contribution < 1.29 is 4.79 Å². The molecule has 106 valence electrons. The van der Waals surface area contributed by atoms with E-state index in [1.807, 2.05) is 24.3 Å². The fourth-order valence-corrected chi connectivity index (χ4v) is 1.66. The minimum atomic E-state index is -0.0409. The molecule has 0 spiro atoms. The minimum absolute atomic E-state index is 0.0409. The van der Waals surface area contributed by atoms with Gasteiger partial charge in [-0.2, -0.15) is 0 Å². The van der Waals surface area contributed by atoms with Gasteiger partial charge in [0.05, 0.1) is 0 Å². The number of amides is 1. The zero-order chi connectivity index (χ0) is 14.5. The average molecular weight is 262 g/mol. The molecule has 0 aromatic heterocycles. The molecule has 0 heterocycles. The third-order valence-electron chi connectivity index (χ3n) is 3.70. The fraction of sp³-hybridized carbons (Fsp3) is 0.562. The summed E-state index contributed by atoms with van der Waals surface area (Å²) < 4.78 is 0. The van der Waals surface area contributed by atoms with Crippen LogP contribution in [-0.2, 0) is 6.54 Å². The lowest BCUT2D eigenvalue weighted by atomic mass is 9.82. The Labute approximate surface area is 116 Å². The van der Waals surface area contributed by atoms with E-state index in [4.69, 9.17) is 0 Å². The maximum Gasteiger partial charge on any atom is 0.251 e. The van der Waals surface area contributed by atoms with Crippen molar-refractivity contribution in [1.29, 1.82) is 0 Å². The quantitative estimate of drug-likeness (QED) is 0.856. The molecule has 1 aromatic carbocycles. The molecule has 1 amide bonds. The second kappa shape index (κ2) is 6.71. The summed E-state index contributed by atoms with van der Waals surface area (Å²) in [7, 11) is 1.64. The van der Waals surface area contributed by atoms with Gasteiger partial charge < -0.3 is 10.6 Å². The molecule has 1 aromatic rings. The number of benzene rings is 1. The van der Waals surface area contributed by atoms with E-state index in [-0.39, 0.29) is 5.91 Å². The molecule has 0 aliphatic carbocycles. The summed E-state index contributed by atoms with van der Waals surface area (Å²) >= 11 is 0. The molecule has 0 saturated carbocycles. The molecule has 0 aliphatic heterocycles. The zero-order valence-corrected chi connectivity index (χ0v) is 12.7. The molecule has 0 bridgehead atoms. The Morgan fingerprint density at radius 2 is 1.79 bits per heavy atom. The molecule has 1 atom stereocenters. The number of hydrogen-bond acceptors (Lipinski definition) is 2. The highest BCUT2D eigenvalue weighted by atomic mass is 16.1. The molecule has 3 nitrogen and oxygen atoms in total. The van der Waals surface area contributed by atoms with Gasteiger partial charge in [-0.1, -0.05) is 39.8 Å². The van der Waals surface area contributed by atoms with E-state index in [2.05, 4.69) is 38.3 Å². The van der Waals surface area contributed by atoms with Gasteiger partial charge >= 0.3 is 0 Å². The maximum atomic E-state index is 11.4. The van der Waals surface area contributed by atoms with E-state index < -0.39 is 0 Å². The normalized spacial score (nSPS) is 13.1. The molecular weight excluding hydrogens is 236 g/mol. The summed E-state index contributed by atoms with van der Waals surface area (Å²) in [6, 6.07) is 7.73. The predicted molar refractivity (Wildman–Crippen MR) is 80.2 cm³/mol. The molecule has 0 aliphatic rings. The van der Waals surface area contributed by atoms with Gasteiger partial charge in [-0.3, -0.25) is 4.79 Å². The zero-order valence-electron chi connectivity index (χ0n) is 12.7. The minimum Gasteiger partial charge on any atom is -0.355 e. The first-order valence-electron chi connectivity index (χ1n) is 6.86. The van der Waals surface area contributed by atoms with Crippen molar-refractivity contribution in [1.82, 2.24) is 10.6 Å². The lowest BCUT2D eigenvalue weighted by Crippen LogP contribution is -2.29. The van der Waals surface area contributed by atoms with Crippen molar-refractivity contribution in [3.05, 3.63) is 35.4 Å². The van der Waals surface area contributed by atoms with Crippen molar-refractivity contribution >= 4 is 5.91 Å². The van der Waals surface area contributed by atoms with Gasteiger partial charge in [0.1, 0.15) is 0 Å². The summed E-state index contributed by atoms with van der Waals surface area (Å²) in [5.41, 5.74) is 2.24. The van der Waals surface area contributed by atoms with Crippen LogP contribution in [0.25, 0.3) is 0 Å². The Kier molecular flexibility index (Phi) is 5.55. The van der Waals surface area contributed by atoms with E-state index >= 15 is 0 Å². The van der Waals surface area contributed by atoms with Crippen LogP contribution < -0.4 is 10.6 Å². The van der Waals surface area contributed by atoms with E-state index in [0.717, 1.165) is 13.1 Å². The van der Waals surface area contributed by atoms with Crippen LogP contribution in [0, 0.1) is 11.3 Å². The number of hydrogen-bond donors (Lipinski definition) is 2. The SMILES string of the molecule is CNC(=O)c1ccc(CNCC(C)C(C)(C)C)cc1. The van der Waals surface area contributed by atoms with Gasteiger partial charge in [-0.25, -0.2) is 0 Å². The van der Waals surface area contributed by atoms with Crippen molar-refractivity contribution in [3.8, 4) is 0 Å². The summed E-state index contributed by atoms with van der Waals surface area (Å²) in [5.74, 6) is 0.582. The van der Waals surface area contributed by atoms with Crippen LogP contribution in [0.4, 0.5) is 0 Å². The van der Waals surface area contributed by atoms with Crippen LogP contribution in [0.15, 0.2) is 24.3 Å². The third kappa shape index (κ3) is 5.03. The Bertz CT molecular complexity index is 404. The summed E-state index contributed by atoms with van der Waals surface area (Å²) in [6.45, 7) is 10.9. The van der Waals surface area contributed by atoms with Crippen molar-refractivity contribution in [3.63, 3.8) is 0 Å². The van der Waals surface area contributed by atoms with Crippen LogP contribution >= 0.6 is 0 Å². The highest BCUT2D eigenvalue weighted by Crippen LogP contribution is 2.24. The number of carbonyl (C=O) groups is 1. The van der Waals surface area contributed by atoms with Gasteiger partial charge in [0.25, 0.3) is 5.91 Å². The summed E-state index contributed by atoms with van der Waals surface area (Å²) in [4.78, 5) is 11.4. The largest absolute Gasteiger partial charge is 0.355 e. The molecule has 1 unspecified atom stereocenters. The molecular formula is C16H26N2O. The van der Waals surface area contributed by atoms with Gasteiger partial charge in [0.2, 0.25) is 0 Å². The van der Waals surface area contributed by atoms with Crippen LogP contribution in [0.3, 0.4) is 0 Å². The summed E-state index contributed by atoms with van der Waals surface area (Å²) in [5, 5.41) is 6.09. The van der Waals surface area contributed by atoms with Crippen LogP contribution in [0.2, 0.25) is 0 Å². The first-order valence-corrected chi connectivity index (χ1v) is 6.86. The average Bonchev–Trinajstić information content (AvgIpc) is 2.37. The molecule has 2 N–H and O–H groups in total. The van der Waals surface area contributed by atoms with Crippen LogP contribution in [0.1, 0.15) is 43.6 Å². The fourth-order valence-electron chi connectivity index (χ4n) is 1.66. The number of nitrogens with one attached hydrogen (secondary N) is 2. The van der Waals surface area contributed by atoms with Crippen LogP contribution in [-0.4, -0.2) is 19.5 Å². The molecule has 19 heavy (non-hydrogen) atoms. The Hall–Kier alpha value is -1.35. The van der Waals surface area contributed by atoms with E-state index in [1.54, 1.807) is 7.05 Å². The van der Waals surface area contributed by atoms with Gasteiger partial charge in [-0.15, -0.1) is 0 Å². The predicted octanol–water partition coefficient (Wildman–Crippen LogP) is 2.82. The highest BCUT2D eigenvalue weighted by Gasteiger charge is 2.19. The standard InChI is InChI=1S/C16H26N2O/c1-12(16(2,3)4)10-18-11-13-6-8-14(9-7-13)15(19)17-5/h6-9,12,18H,10-11H2,1-5H3,(H,17,19). The number of rotatable bonds is 5. The van der Waals surface area contributed by atoms with Gasteiger partial charge in [-0.05, 0) is 35.6 Å². The smallest absolute Gasteiger partial charge is 0.251 e. The molecule has 1 rings (SSSR count). The van der Waals surface area contributed by atoms with Crippen molar-refractivity contribution in [2.75, 3.05) is 13.6 Å². The van der Waals surface area contributed by atoms with E-state index in [1.165, 1.54) is 5.56 Å². The molecule has 0 saturated heterocycles. The second-order valence-electron chi connectivity index (χ2n) is 6.17. The van der Waals surface area contributed by atoms with E-state index in [9.17, 15) is 4.79 Å². The lowest BCUT2D eigenvalue weighted by molar-refractivity contribution is 0.0963. The Morgan fingerprint density at radius 1 is 1.21 bits per heavy atom. The lowest BCUT2D eigenvalue weighted by Gasteiger charge is -2.27. The van der Waals surface area contributed by atoms with Crippen molar-refractivity contribution in [2.45, 2.75) is 34.2 Å². The van der Waals surface area contributed by atoms with Crippen LogP contribution in [0.5, 0.6) is 0 Å². The van der Waals surface area contributed by atoms with Gasteiger partial charge in [0.15, 0.2) is 0 Å². The number of carbonyl (C=O) groups excluding carboxylic acids is 1. The Morgan fingerprint density at radius 3 is 2.26 bits per heavy atom. The monoisotopic (exact) mass is 262 g/mol. The molecule has 0 fully saturated rings. The highest BCUT2D eigenvalue weighted by molar-refractivity contribution is 5.93. The first kappa shape index (κ1) is 15.7. The van der Waals surface area contributed by atoms with Crippen molar-refractivity contribution in [2.24, 2.45) is 11.3 Å². The van der Waals surface area contributed by atoms with E-state index in [0.29, 0.717) is 16.9 Å². The molecule has 0 radical (unpaired) electrons. The maximum absolute atomic E-state index is 11.4. The second-order valence-corrected chi connectivity index (χ2v) is 6.17.